The first kappa shape index (κ1) is 18.2. The zero-order chi connectivity index (χ0) is 19.7. The Morgan fingerprint density at radius 3 is 2.59 bits per heavy atom. The highest BCUT2D eigenvalue weighted by Crippen LogP contribution is 2.38. The van der Waals surface area contributed by atoms with Crippen molar-refractivity contribution < 1.29 is 24.2 Å². The predicted octanol–water partition coefficient (Wildman–Crippen LogP) is 2.21. The lowest BCUT2D eigenvalue weighted by molar-refractivity contribution is -0.135. The molecular weight excluding hydrogens is 379 g/mol. The number of nitrogens with zero attached hydrogens (tertiary/aromatic N) is 3. The van der Waals surface area contributed by atoms with E-state index in [-0.39, 0.29) is 21.6 Å². The smallest absolute Gasteiger partial charge is 0.322 e. The number of halogens is 2. The number of rotatable bonds is 4. The van der Waals surface area contributed by atoms with Crippen LogP contribution in [0.25, 0.3) is 16.6 Å². The average Bonchev–Trinajstić information content (AvgIpc) is 2.99. The van der Waals surface area contributed by atoms with Gasteiger partial charge in [-0.15, -0.1) is 0 Å². The maximum atomic E-state index is 13.2. The van der Waals surface area contributed by atoms with Crippen molar-refractivity contribution in [1.29, 1.82) is 5.26 Å². The van der Waals surface area contributed by atoms with E-state index in [1.165, 1.54) is 35.0 Å². The largest absolute Gasteiger partial charge is 0.505 e. The second-order valence-corrected chi connectivity index (χ2v) is 5.80. The van der Waals surface area contributed by atoms with Crippen LogP contribution in [0.4, 0.5) is 4.39 Å². The highest BCUT2D eigenvalue weighted by molar-refractivity contribution is 6.36. The molecule has 136 valence electrons. The lowest BCUT2D eigenvalue weighted by Crippen LogP contribution is -2.30. The summed E-state index contributed by atoms with van der Waals surface area (Å²) in [6.07, 6.45) is 1.39. The summed E-state index contributed by atoms with van der Waals surface area (Å²) < 4.78 is 14.6. The summed E-state index contributed by atoms with van der Waals surface area (Å²) in [4.78, 5) is 26.5. The van der Waals surface area contributed by atoms with Crippen LogP contribution < -0.4 is 5.32 Å². The molecule has 2 aromatic heterocycles. The summed E-state index contributed by atoms with van der Waals surface area (Å²) in [6.45, 7) is -0.690. The van der Waals surface area contributed by atoms with Crippen LogP contribution in [-0.4, -0.2) is 38.2 Å². The fourth-order valence-corrected chi connectivity index (χ4v) is 2.83. The minimum absolute atomic E-state index is 0.00647. The molecule has 0 saturated carbocycles. The van der Waals surface area contributed by atoms with Crippen molar-refractivity contribution in [2.75, 3.05) is 6.54 Å². The van der Waals surface area contributed by atoms with Gasteiger partial charge in [0.05, 0.1) is 15.9 Å². The van der Waals surface area contributed by atoms with Gasteiger partial charge in [0, 0.05) is 11.9 Å². The molecule has 0 radical (unpaired) electrons. The molecule has 27 heavy (non-hydrogen) atoms. The molecule has 0 aliphatic rings. The molecule has 10 heteroatoms. The van der Waals surface area contributed by atoms with Gasteiger partial charge in [-0.3, -0.25) is 9.59 Å². The number of benzene rings is 1. The molecular formula is C17H10ClFN4O4. The number of pyridine rings is 1. The number of nitriles is 1. The Balaban J connectivity index is 2.23. The molecule has 0 saturated heterocycles. The van der Waals surface area contributed by atoms with Crippen molar-refractivity contribution in [3.8, 4) is 17.5 Å². The molecule has 3 N–H and O–H groups in total. The van der Waals surface area contributed by atoms with E-state index < -0.39 is 35.7 Å². The third kappa shape index (κ3) is 3.26. The Kier molecular flexibility index (Phi) is 4.66. The second kappa shape index (κ2) is 6.93. The van der Waals surface area contributed by atoms with Crippen LogP contribution in [0.3, 0.4) is 0 Å². The van der Waals surface area contributed by atoms with E-state index in [0.717, 1.165) is 0 Å². The Labute approximate surface area is 156 Å². The van der Waals surface area contributed by atoms with E-state index in [1.54, 1.807) is 0 Å². The number of hydrogen-bond acceptors (Lipinski definition) is 5. The van der Waals surface area contributed by atoms with Gasteiger partial charge in [-0.1, -0.05) is 11.6 Å². The van der Waals surface area contributed by atoms with Gasteiger partial charge in [0.2, 0.25) is 0 Å². The van der Waals surface area contributed by atoms with Crippen molar-refractivity contribution in [2.24, 2.45) is 0 Å². The maximum Gasteiger partial charge on any atom is 0.322 e. The van der Waals surface area contributed by atoms with Crippen molar-refractivity contribution in [3.05, 3.63) is 52.7 Å². The number of carboxylic acid groups (broad SMARTS) is 1. The molecule has 1 aromatic carbocycles. The zero-order valence-corrected chi connectivity index (χ0v) is 14.2. The molecule has 3 rings (SSSR count). The Bertz CT molecular complexity index is 1120. The summed E-state index contributed by atoms with van der Waals surface area (Å²) in [5.74, 6) is -3.32. The lowest BCUT2D eigenvalue weighted by Gasteiger charge is -2.09. The van der Waals surface area contributed by atoms with E-state index in [4.69, 9.17) is 16.7 Å². The molecule has 2 heterocycles. The first-order valence-electron chi connectivity index (χ1n) is 7.43. The lowest BCUT2D eigenvalue weighted by atomic mass is 10.1. The molecule has 0 unspecified atom stereocenters. The summed E-state index contributed by atoms with van der Waals surface area (Å²) >= 11 is 6.18. The van der Waals surface area contributed by atoms with Gasteiger partial charge >= 0.3 is 5.97 Å². The third-order valence-corrected chi connectivity index (χ3v) is 3.98. The number of aliphatic carboxylic acids is 1. The van der Waals surface area contributed by atoms with Crippen LogP contribution in [0.15, 0.2) is 30.5 Å². The zero-order valence-electron chi connectivity index (χ0n) is 13.4. The number of nitrogens with one attached hydrogen (secondary N) is 1. The van der Waals surface area contributed by atoms with E-state index in [2.05, 4.69) is 10.3 Å². The van der Waals surface area contributed by atoms with Crippen LogP contribution in [-0.2, 0) is 4.79 Å². The number of carbonyl (C=O) groups excluding carboxylic acids is 1. The number of amides is 1. The van der Waals surface area contributed by atoms with Crippen LogP contribution in [0.2, 0.25) is 5.02 Å². The van der Waals surface area contributed by atoms with Gasteiger partial charge in [-0.25, -0.2) is 9.37 Å². The van der Waals surface area contributed by atoms with Gasteiger partial charge < -0.3 is 20.1 Å². The Morgan fingerprint density at radius 2 is 2.00 bits per heavy atom. The van der Waals surface area contributed by atoms with Crippen LogP contribution in [0, 0.1) is 17.1 Å². The van der Waals surface area contributed by atoms with Crippen molar-refractivity contribution in [2.45, 2.75) is 0 Å². The SMILES string of the molecule is N#Cc1nc(C(=O)NCC(=O)O)c(O)c2c(Cl)cn(-c3ccc(F)cc3)c12. The van der Waals surface area contributed by atoms with Gasteiger partial charge in [0.15, 0.2) is 17.1 Å². The van der Waals surface area contributed by atoms with E-state index in [1.807, 2.05) is 6.07 Å². The Morgan fingerprint density at radius 1 is 1.33 bits per heavy atom. The number of aromatic nitrogens is 2. The quantitative estimate of drug-likeness (QED) is 0.628. The van der Waals surface area contributed by atoms with Gasteiger partial charge in [0.25, 0.3) is 5.91 Å². The molecule has 0 aliphatic carbocycles. The average molecular weight is 389 g/mol. The van der Waals surface area contributed by atoms with E-state index >= 15 is 0 Å². The number of carboxylic acids is 1. The number of fused-ring (bicyclic) bond motifs is 1. The molecule has 8 nitrogen and oxygen atoms in total. The molecule has 0 atom stereocenters. The standard InChI is InChI=1S/C17H10ClFN4O4/c18-10-7-23(9-3-1-8(19)2-4-9)15-11(5-20)22-14(16(26)13(10)15)17(27)21-6-12(24)25/h1-4,7,26H,6H2,(H,21,27)(H,24,25). The minimum Gasteiger partial charge on any atom is -0.505 e. The van der Waals surface area contributed by atoms with Crippen molar-refractivity contribution >= 4 is 34.4 Å². The highest BCUT2D eigenvalue weighted by atomic mass is 35.5. The normalized spacial score (nSPS) is 10.6. The van der Waals surface area contributed by atoms with Gasteiger partial charge in [0.1, 0.15) is 18.4 Å². The first-order valence-corrected chi connectivity index (χ1v) is 7.80. The molecule has 1 amide bonds. The van der Waals surface area contributed by atoms with Crippen molar-refractivity contribution in [1.82, 2.24) is 14.9 Å². The predicted molar refractivity (Wildman–Crippen MR) is 92.4 cm³/mol. The second-order valence-electron chi connectivity index (χ2n) is 5.39. The fraction of sp³-hybridized carbons (Fsp3) is 0.0588. The molecule has 0 bridgehead atoms. The van der Waals surface area contributed by atoms with Crippen LogP contribution >= 0.6 is 11.6 Å². The summed E-state index contributed by atoms with van der Waals surface area (Å²) in [7, 11) is 0. The minimum atomic E-state index is -1.29. The number of carbonyl (C=O) groups is 2. The monoisotopic (exact) mass is 388 g/mol. The van der Waals surface area contributed by atoms with E-state index in [0.29, 0.717) is 5.69 Å². The number of aromatic hydroxyl groups is 1. The fourth-order valence-electron chi connectivity index (χ4n) is 2.55. The van der Waals surface area contributed by atoms with Gasteiger partial charge in [-0.05, 0) is 24.3 Å². The molecule has 0 aliphatic heterocycles. The summed E-state index contributed by atoms with van der Waals surface area (Å²) in [5, 5.41) is 30.6. The third-order valence-electron chi connectivity index (χ3n) is 3.69. The maximum absolute atomic E-state index is 13.2. The van der Waals surface area contributed by atoms with Crippen LogP contribution in [0.5, 0.6) is 5.75 Å². The highest BCUT2D eigenvalue weighted by Gasteiger charge is 2.24. The van der Waals surface area contributed by atoms with Crippen molar-refractivity contribution in [3.63, 3.8) is 0 Å². The van der Waals surface area contributed by atoms with Crippen LogP contribution in [0.1, 0.15) is 16.2 Å². The van der Waals surface area contributed by atoms with E-state index in [9.17, 15) is 24.3 Å². The first-order chi connectivity index (χ1) is 12.8. The molecule has 0 fully saturated rings. The number of hydrogen-bond donors (Lipinski definition) is 3. The summed E-state index contributed by atoms with van der Waals surface area (Å²) in [5.41, 5.74) is -0.172. The Hall–Kier alpha value is -3.64. The van der Waals surface area contributed by atoms with Gasteiger partial charge in [-0.2, -0.15) is 5.26 Å². The summed E-state index contributed by atoms with van der Waals surface area (Å²) in [6, 6.07) is 7.12. The molecule has 3 aromatic rings. The topological polar surface area (TPSA) is 128 Å². The molecule has 0 spiro atoms.